The van der Waals surface area contributed by atoms with Crippen molar-refractivity contribution in [2.75, 3.05) is 57.9 Å². The van der Waals surface area contributed by atoms with E-state index in [4.69, 9.17) is 15.2 Å². The molecule has 3 rings (SSSR count). The first-order valence-electron chi connectivity index (χ1n) is 10.9. The Labute approximate surface area is 189 Å². The fourth-order valence-corrected chi connectivity index (χ4v) is 3.74. The maximum Gasteiger partial charge on any atom is 0.255 e. The maximum absolute atomic E-state index is 12.5. The standard InChI is InChI=1S/C24H32N4O4/c1-18-5-3-6-20(15-18)28-13-11-27(12-14-28)10-4-9-26-24(30)19-7-8-21(22(16-19)31-2)32-17-23(25)29/h3,5-8,15-16H,4,9-14,17H2,1-2H3,(H2,25,29)(H,26,30). The van der Waals surface area contributed by atoms with Gasteiger partial charge in [-0.25, -0.2) is 0 Å². The van der Waals surface area contributed by atoms with Crippen LogP contribution in [-0.2, 0) is 4.79 Å². The molecule has 0 aromatic heterocycles. The Morgan fingerprint density at radius 2 is 1.84 bits per heavy atom. The molecule has 0 spiro atoms. The van der Waals surface area contributed by atoms with Gasteiger partial charge in [-0.05, 0) is 55.8 Å². The zero-order valence-electron chi connectivity index (χ0n) is 18.8. The van der Waals surface area contributed by atoms with E-state index in [2.05, 4.69) is 46.3 Å². The van der Waals surface area contributed by atoms with Crippen LogP contribution in [-0.4, -0.2) is 69.7 Å². The number of hydrogen-bond donors (Lipinski definition) is 2. The average Bonchev–Trinajstić information content (AvgIpc) is 2.80. The number of ether oxygens (including phenoxy) is 2. The lowest BCUT2D eigenvalue weighted by atomic mass is 10.2. The number of anilines is 1. The zero-order chi connectivity index (χ0) is 22.9. The highest BCUT2D eigenvalue weighted by Crippen LogP contribution is 2.28. The summed E-state index contributed by atoms with van der Waals surface area (Å²) in [4.78, 5) is 28.2. The number of amides is 2. The highest BCUT2D eigenvalue weighted by Gasteiger charge is 2.17. The van der Waals surface area contributed by atoms with Crippen molar-refractivity contribution in [2.24, 2.45) is 5.73 Å². The second-order valence-corrected chi connectivity index (χ2v) is 7.90. The van der Waals surface area contributed by atoms with Crippen molar-refractivity contribution >= 4 is 17.5 Å². The summed E-state index contributed by atoms with van der Waals surface area (Å²) < 4.78 is 10.5. The van der Waals surface area contributed by atoms with Crippen molar-refractivity contribution in [3.63, 3.8) is 0 Å². The lowest BCUT2D eigenvalue weighted by Gasteiger charge is -2.36. The van der Waals surface area contributed by atoms with Crippen molar-refractivity contribution in [3.8, 4) is 11.5 Å². The van der Waals surface area contributed by atoms with Gasteiger partial charge in [0, 0.05) is 44.0 Å². The molecule has 1 fully saturated rings. The number of carbonyl (C=O) groups is 2. The summed E-state index contributed by atoms with van der Waals surface area (Å²) in [5.74, 6) is -0.00231. The molecule has 1 aliphatic rings. The van der Waals surface area contributed by atoms with E-state index in [0.717, 1.165) is 39.1 Å². The van der Waals surface area contributed by atoms with Gasteiger partial charge in [-0.1, -0.05) is 12.1 Å². The van der Waals surface area contributed by atoms with Gasteiger partial charge < -0.3 is 25.4 Å². The molecule has 0 unspecified atom stereocenters. The minimum absolute atomic E-state index is 0.172. The molecule has 172 valence electrons. The molecule has 8 heteroatoms. The summed E-state index contributed by atoms with van der Waals surface area (Å²) in [6, 6.07) is 13.5. The van der Waals surface area contributed by atoms with Gasteiger partial charge in [-0.3, -0.25) is 14.5 Å². The number of nitrogens with two attached hydrogens (primary N) is 1. The van der Waals surface area contributed by atoms with Crippen LogP contribution in [0.5, 0.6) is 11.5 Å². The average molecular weight is 441 g/mol. The van der Waals surface area contributed by atoms with Gasteiger partial charge in [0.25, 0.3) is 11.8 Å². The van der Waals surface area contributed by atoms with Crippen molar-refractivity contribution < 1.29 is 19.1 Å². The summed E-state index contributed by atoms with van der Waals surface area (Å²) in [5, 5.41) is 2.95. The van der Waals surface area contributed by atoms with E-state index in [1.807, 2.05) is 0 Å². The summed E-state index contributed by atoms with van der Waals surface area (Å²) in [6.07, 6.45) is 0.882. The first-order valence-corrected chi connectivity index (χ1v) is 10.9. The molecular formula is C24H32N4O4. The second kappa shape index (κ2) is 11.4. The Morgan fingerprint density at radius 3 is 2.53 bits per heavy atom. The Balaban J connectivity index is 1.39. The smallest absolute Gasteiger partial charge is 0.255 e. The minimum Gasteiger partial charge on any atom is -0.493 e. The monoisotopic (exact) mass is 440 g/mol. The van der Waals surface area contributed by atoms with Gasteiger partial charge in [-0.2, -0.15) is 0 Å². The van der Waals surface area contributed by atoms with Crippen molar-refractivity contribution in [2.45, 2.75) is 13.3 Å². The molecule has 2 amide bonds. The SMILES string of the molecule is COc1cc(C(=O)NCCCN2CCN(c3cccc(C)c3)CC2)ccc1OCC(N)=O. The van der Waals surface area contributed by atoms with Crippen LogP contribution in [0, 0.1) is 6.92 Å². The molecule has 3 N–H and O–H groups in total. The van der Waals surface area contributed by atoms with Crippen molar-refractivity contribution in [3.05, 3.63) is 53.6 Å². The Hall–Kier alpha value is -3.26. The number of carbonyl (C=O) groups excluding carboxylic acids is 2. The molecular weight excluding hydrogens is 408 g/mol. The molecule has 1 saturated heterocycles. The van der Waals surface area contributed by atoms with E-state index >= 15 is 0 Å². The normalized spacial score (nSPS) is 14.1. The largest absolute Gasteiger partial charge is 0.493 e. The first kappa shape index (κ1) is 23.4. The van der Waals surface area contributed by atoms with E-state index < -0.39 is 5.91 Å². The van der Waals surface area contributed by atoms with Crippen molar-refractivity contribution in [1.29, 1.82) is 0 Å². The van der Waals surface area contributed by atoms with Crippen LogP contribution in [0.4, 0.5) is 5.69 Å². The minimum atomic E-state index is -0.578. The van der Waals surface area contributed by atoms with E-state index in [0.29, 0.717) is 23.6 Å². The molecule has 0 bridgehead atoms. The number of nitrogens with zero attached hydrogens (tertiary/aromatic N) is 2. The number of primary amides is 1. The van der Waals surface area contributed by atoms with Crippen LogP contribution >= 0.6 is 0 Å². The maximum atomic E-state index is 12.5. The fraction of sp³-hybridized carbons (Fsp3) is 0.417. The van der Waals surface area contributed by atoms with Crippen LogP contribution in [0.1, 0.15) is 22.3 Å². The van der Waals surface area contributed by atoms with Crippen LogP contribution in [0.2, 0.25) is 0 Å². The van der Waals surface area contributed by atoms with Crippen LogP contribution in [0.15, 0.2) is 42.5 Å². The molecule has 8 nitrogen and oxygen atoms in total. The molecule has 0 aliphatic carbocycles. The number of nitrogens with one attached hydrogen (secondary N) is 1. The topological polar surface area (TPSA) is 97.1 Å². The van der Waals surface area contributed by atoms with Crippen LogP contribution < -0.4 is 25.4 Å². The van der Waals surface area contributed by atoms with Gasteiger partial charge in [-0.15, -0.1) is 0 Å². The first-order chi connectivity index (χ1) is 15.5. The number of methoxy groups -OCH3 is 1. The van der Waals surface area contributed by atoms with E-state index in [1.54, 1.807) is 18.2 Å². The highest BCUT2D eigenvalue weighted by atomic mass is 16.5. The third-order valence-electron chi connectivity index (χ3n) is 5.47. The quantitative estimate of drug-likeness (QED) is 0.547. The Morgan fingerprint density at radius 1 is 1.06 bits per heavy atom. The van der Waals surface area contributed by atoms with Gasteiger partial charge in [0.2, 0.25) is 0 Å². The van der Waals surface area contributed by atoms with Crippen LogP contribution in [0.3, 0.4) is 0 Å². The fourth-order valence-electron chi connectivity index (χ4n) is 3.74. The molecule has 0 saturated carbocycles. The molecule has 0 atom stereocenters. The number of aryl methyl sites for hydroxylation is 1. The Kier molecular flexibility index (Phi) is 8.33. The summed E-state index contributed by atoms with van der Waals surface area (Å²) in [5.41, 5.74) is 8.14. The van der Waals surface area contributed by atoms with E-state index in [-0.39, 0.29) is 12.5 Å². The lowest BCUT2D eigenvalue weighted by molar-refractivity contribution is -0.119. The van der Waals surface area contributed by atoms with Crippen LogP contribution in [0.25, 0.3) is 0 Å². The molecule has 0 radical (unpaired) electrons. The summed E-state index contributed by atoms with van der Waals surface area (Å²) in [7, 11) is 1.48. The van der Waals surface area contributed by atoms with E-state index in [9.17, 15) is 9.59 Å². The van der Waals surface area contributed by atoms with Gasteiger partial charge in [0.05, 0.1) is 7.11 Å². The Bertz CT molecular complexity index is 926. The van der Waals surface area contributed by atoms with Gasteiger partial charge in [0.15, 0.2) is 18.1 Å². The molecule has 2 aromatic carbocycles. The third-order valence-corrected chi connectivity index (χ3v) is 5.47. The third kappa shape index (κ3) is 6.62. The number of rotatable bonds is 10. The number of benzene rings is 2. The van der Waals surface area contributed by atoms with Gasteiger partial charge in [0.1, 0.15) is 0 Å². The molecule has 32 heavy (non-hydrogen) atoms. The molecule has 2 aromatic rings. The molecule has 1 aliphatic heterocycles. The predicted octanol–water partition coefficient (Wildman–Crippen LogP) is 1.81. The van der Waals surface area contributed by atoms with Gasteiger partial charge >= 0.3 is 0 Å². The number of piperazine rings is 1. The summed E-state index contributed by atoms with van der Waals surface area (Å²) >= 11 is 0. The van der Waals surface area contributed by atoms with Crippen molar-refractivity contribution in [1.82, 2.24) is 10.2 Å². The highest BCUT2D eigenvalue weighted by molar-refractivity contribution is 5.94. The number of hydrogen-bond acceptors (Lipinski definition) is 6. The lowest BCUT2D eigenvalue weighted by Crippen LogP contribution is -2.47. The molecule has 1 heterocycles. The predicted molar refractivity (Wildman–Crippen MR) is 124 cm³/mol. The van der Waals surface area contributed by atoms with E-state index in [1.165, 1.54) is 18.4 Å². The summed E-state index contributed by atoms with van der Waals surface area (Å²) in [6.45, 7) is 7.49. The zero-order valence-corrected chi connectivity index (χ0v) is 18.8. The second-order valence-electron chi connectivity index (χ2n) is 7.90.